The third-order valence-corrected chi connectivity index (χ3v) is 2.83. The first-order valence-corrected chi connectivity index (χ1v) is 8.09. The fourth-order valence-electron chi connectivity index (χ4n) is 1.84. The van der Waals surface area contributed by atoms with E-state index in [0.29, 0.717) is 4.90 Å². The molecule has 27 heavy (non-hydrogen) atoms. The Balaban J connectivity index is 3.57. The van der Waals surface area contributed by atoms with Gasteiger partial charge in [-0.15, -0.1) is 0 Å². The topological polar surface area (TPSA) is 117 Å². The molecule has 0 saturated heterocycles. The predicted octanol–water partition coefficient (Wildman–Crippen LogP) is 2.24. The summed E-state index contributed by atoms with van der Waals surface area (Å²) >= 11 is 0. The molecule has 0 N–H and O–H groups in total. The Morgan fingerprint density at radius 3 is 1.81 bits per heavy atom. The lowest BCUT2D eigenvalue weighted by atomic mass is 10.2. The van der Waals surface area contributed by atoms with Gasteiger partial charge in [-0.2, -0.15) is 10.00 Å². The van der Waals surface area contributed by atoms with Gasteiger partial charge in [0.2, 0.25) is 0 Å². The average molecular weight is 383 g/mol. The summed E-state index contributed by atoms with van der Waals surface area (Å²) in [4.78, 5) is 50.0. The maximum atomic E-state index is 12.6. The van der Waals surface area contributed by atoms with Crippen molar-refractivity contribution < 1.29 is 28.6 Å². The van der Waals surface area contributed by atoms with E-state index in [4.69, 9.17) is 9.47 Å². The number of nitrogens with zero attached hydrogens (tertiary/aromatic N) is 3. The number of esters is 1. The van der Waals surface area contributed by atoms with Gasteiger partial charge in [0.25, 0.3) is 5.56 Å². The summed E-state index contributed by atoms with van der Waals surface area (Å²) in [5.74, 6) is -0.847. The highest BCUT2D eigenvalue weighted by atomic mass is 16.6. The minimum atomic E-state index is -1.13. The average Bonchev–Trinajstić information content (AvgIpc) is 2.47. The molecular formula is C17H25N3O7. The summed E-state index contributed by atoms with van der Waals surface area (Å²) in [6.07, 6.45) is -2.26. The van der Waals surface area contributed by atoms with Gasteiger partial charge in [-0.25, -0.2) is 19.1 Å². The summed E-state index contributed by atoms with van der Waals surface area (Å²) in [6, 6.07) is 0.974. The minimum Gasteiger partial charge on any atom is -0.464 e. The van der Waals surface area contributed by atoms with Crippen molar-refractivity contribution >= 4 is 23.8 Å². The number of hydrogen-bond acceptors (Lipinski definition) is 8. The lowest BCUT2D eigenvalue weighted by Gasteiger charge is -2.28. The summed E-state index contributed by atoms with van der Waals surface area (Å²) in [5, 5.41) is 3.75. The fraction of sp³-hybridized carbons (Fsp3) is 0.588. The monoisotopic (exact) mass is 383 g/mol. The van der Waals surface area contributed by atoms with Gasteiger partial charge in [-0.05, 0) is 41.5 Å². The molecule has 10 heteroatoms. The van der Waals surface area contributed by atoms with Crippen molar-refractivity contribution in [2.45, 2.75) is 52.7 Å². The predicted molar refractivity (Wildman–Crippen MR) is 95.8 cm³/mol. The van der Waals surface area contributed by atoms with Crippen LogP contribution in [0.1, 0.15) is 52.0 Å². The van der Waals surface area contributed by atoms with Gasteiger partial charge < -0.3 is 14.2 Å². The molecule has 0 bridgehead atoms. The number of rotatable bonds is 2. The molecule has 0 spiro atoms. The number of carbonyl (C=O) groups excluding carboxylic acids is 3. The van der Waals surface area contributed by atoms with Crippen LogP contribution in [0.4, 0.5) is 15.3 Å². The first-order chi connectivity index (χ1) is 12.2. The van der Waals surface area contributed by atoms with Gasteiger partial charge in [-0.3, -0.25) is 4.79 Å². The van der Waals surface area contributed by atoms with Gasteiger partial charge in [0.1, 0.15) is 16.9 Å². The van der Waals surface area contributed by atoms with Crippen molar-refractivity contribution in [3.05, 3.63) is 22.1 Å². The van der Waals surface area contributed by atoms with Crippen LogP contribution in [-0.4, -0.2) is 46.2 Å². The van der Waals surface area contributed by atoms with E-state index in [9.17, 15) is 19.2 Å². The van der Waals surface area contributed by atoms with Crippen LogP contribution in [0.3, 0.4) is 0 Å². The van der Waals surface area contributed by atoms with Crippen molar-refractivity contribution in [1.29, 1.82) is 0 Å². The van der Waals surface area contributed by atoms with Gasteiger partial charge in [-0.1, -0.05) is 0 Å². The van der Waals surface area contributed by atoms with E-state index >= 15 is 0 Å². The third-order valence-electron chi connectivity index (χ3n) is 2.83. The molecule has 2 amide bonds. The first-order valence-electron chi connectivity index (χ1n) is 8.09. The Hall–Kier alpha value is -2.91. The van der Waals surface area contributed by atoms with E-state index in [-0.39, 0.29) is 5.69 Å². The van der Waals surface area contributed by atoms with E-state index in [1.807, 2.05) is 0 Å². The minimum absolute atomic E-state index is 0.272. The summed E-state index contributed by atoms with van der Waals surface area (Å²) < 4.78 is 15.8. The Kier molecular flexibility index (Phi) is 6.37. The largest absolute Gasteiger partial charge is 0.464 e. The second-order valence-electron chi connectivity index (χ2n) is 7.63. The molecular weight excluding hydrogens is 358 g/mol. The normalized spacial score (nSPS) is 11.6. The molecule has 1 aromatic rings. The number of methoxy groups -OCH3 is 1. The number of carbonyl (C=O) groups is 3. The lowest BCUT2D eigenvalue weighted by molar-refractivity contribution is 0.0427. The summed E-state index contributed by atoms with van der Waals surface area (Å²) in [5.41, 5.74) is -3.41. The molecule has 0 radical (unpaired) electrons. The zero-order valence-electron chi connectivity index (χ0n) is 16.8. The molecule has 1 aromatic heterocycles. The lowest BCUT2D eigenvalue weighted by Crippen LogP contribution is -2.46. The molecule has 0 aliphatic rings. The molecule has 0 saturated carbocycles. The van der Waals surface area contributed by atoms with Crippen molar-refractivity contribution in [2.75, 3.05) is 12.0 Å². The van der Waals surface area contributed by atoms with Crippen molar-refractivity contribution in [3.8, 4) is 0 Å². The number of aryl methyl sites for hydroxylation is 1. The van der Waals surface area contributed by atoms with Crippen LogP contribution in [0.15, 0.2) is 10.9 Å². The van der Waals surface area contributed by atoms with Crippen LogP contribution in [-0.2, 0) is 21.3 Å². The quantitative estimate of drug-likeness (QED) is 0.564. The zero-order valence-corrected chi connectivity index (χ0v) is 16.8. The summed E-state index contributed by atoms with van der Waals surface area (Å²) in [6.45, 7) is 9.60. The zero-order chi connectivity index (χ0) is 21.2. The maximum Gasteiger partial charge on any atom is 0.424 e. The first kappa shape index (κ1) is 22.1. The van der Waals surface area contributed by atoms with Gasteiger partial charge in [0.05, 0.1) is 7.11 Å². The second kappa shape index (κ2) is 7.77. The Labute approximate surface area is 157 Å². The molecule has 10 nitrogen and oxygen atoms in total. The van der Waals surface area contributed by atoms with Gasteiger partial charge >= 0.3 is 18.2 Å². The number of imide groups is 1. The highest BCUT2D eigenvalue weighted by Crippen LogP contribution is 2.19. The molecule has 1 rings (SSSR count). The number of ether oxygens (including phenoxy) is 3. The third kappa shape index (κ3) is 6.08. The Morgan fingerprint density at radius 1 is 1.00 bits per heavy atom. The molecule has 0 aliphatic heterocycles. The van der Waals surface area contributed by atoms with Crippen molar-refractivity contribution in [1.82, 2.24) is 9.78 Å². The number of anilines is 1. The van der Waals surface area contributed by atoms with Crippen LogP contribution < -0.4 is 10.5 Å². The SMILES string of the molecule is COC(=O)c1cc(N(C(=O)OC(C)(C)C)C(=O)OC(C)(C)C)c(=O)n(C)n1. The highest BCUT2D eigenvalue weighted by molar-refractivity contribution is 6.09. The van der Waals surface area contributed by atoms with E-state index in [2.05, 4.69) is 9.84 Å². The number of hydrogen-bond donors (Lipinski definition) is 0. The van der Waals surface area contributed by atoms with Crippen LogP contribution in [0.5, 0.6) is 0 Å². The molecule has 0 atom stereocenters. The van der Waals surface area contributed by atoms with E-state index in [0.717, 1.165) is 17.9 Å². The number of amides is 2. The summed E-state index contributed by atoms with van der Waals surface area (Å²) in [7, 11) is 2.40. The van der Waals surface area contributed by atoms with Crippen LogP contribution in [0.25, 0.3) is 0 Å². The van der Waals surface area contributed by atoms with E-state index < -0.39 is 40.6 Å². The van der Waals surface area contributed by atoms with E-state index in [1.54, 1.807) is 41.5 Å². The second-order valence-corrected chi connectivity index (χ2v) is 7.63. The molecule has 1 heterocycles. The molecule has 150 valence electrons. The highest BCUT2D eigenvalue weighted by Gasteiger charge is 2.35. The standard InChI is InChI=1S/C17H25N3O7/c1-16(2,3)26-14(23)20(15(24)27-17(4,5)6)11-9-10(13(22)25-8)18-19(7)12(11)21/h9H,1-8H3. The van der Waals surface area contributed by atoms with Crippen molar-refractivity contribution in [3.63, 3.8) is 0 Å². The van der Waals surface area contributed by atoms with Crippen LogP contribution in [0, 0.1) is 0 Å². The van der Waals surface area contributed by atoms with Crippen LogP contribution in [0.2, 0.25) is 0 Å². The molecule has 0 aliphatic carbocycles. The van der Waals surface area contributed by atoms with Crippen molar-refractivity contribution in [2.24, 2.45) is 7.05 Å². The van der Waals surface area contributed by atoms with Crippen LogP contribution >= 0.6 is 0 Å². The van der Waals surface area contributed by atoms with Gasteiger partial charge in [0.15, 0.2) is 5.69 Å². The fourth-order valence-corrected chi connectivity index (χ4v) is 1.84. The smallest absolute Gasteiger partial charge is 0.424 e. The maximum absolute atomic E-state index is 12.6. The van der Waals surface area contributed by atoms with Gasteiger partial charge in [0, 0.05) is 13.1 Å². The Bertz CT molecular complexity index is 772. The molecule has 0 aromatic carbocycles. The van der Waals surface area contributed by atoms with E-state index in [1.165, 1.54) is 7.05 Å². The Morgan fingerprint density at radius 2 is 1.44 bits per heavy atom. The number of aromatic nitrogens is 2. The molecule has 0 unspecified atom stereocenters. The molecule has 0 fully saturated rings.